The molecule has 1 aliphatic rings. The monoisotopic (exact) mass is 390 g/mol. The van der Waals surface area contributed by atoms with Gasteiger partial charge in [0.2, 0.25) is 0 Å². The second-order valence-electron chi connectivity index (χ2n) is 7.68. The van der Waals surface area contributed by atoms with Gasteiger partial charge < -0.3 is 10.2 Å². The molecule has 0 aromatic heterocycles. The summed E-state index contributed by atoms with van der Waals surface area (Å²) < 4.78 is 13.2. The fraction of sp³-hybridized carbons (Fsp3) is 0.240. The molecular formula is C25H23FO3. The van der Waals surface area contributed by atoms with E-state index < -0.39 is 5.97 Å². The molecule has 1 unspecified atom stereocenters. The quantitative estimate of drug-likeness (QED) is 0.656. The van der Waals surface area contributed by atoms with E-state index in [9.17, 15) is 19.4 Å². The minimum atomic E-state index is -0.940. The van der Waals surface area contributed by atoms with Gasteiger partial charge in [0, 0.05) is 0 Å². The van der Waals surface area contributed by atoms with E-state index in [2.05, 4.69) is 18.2 Å². The normalized spacial score (nSPS) is 15.7. The van der Waals surface area contributed by atoms with Crippen molar-refractivity contribution in [2.24, 2.45) is 0 Å². The van der Waals surface area contributed by atoms with Gasteiger partial charge in [-0.15, -0.1) is 0 Å². The third-order valence-corrected chi connectivity index (χ3v) is 5.67. The van der Waals surface area contributed by atoms with E-state index in [0.29, 0.717) is 18.4 Å². The second-order valence-corrected chi connectivity index (χ2v) is 7.68. The first-order valence-electron chi connectivity index (χ1n) is 9.90. The van der Waals surface area contributed by atoms with Crippen LogP contribution in [0.2, 0.25) is 0 Å². The molecule has 4 heteroatoms. The maximum Gasteiger partial charge on any atom is 0.335 e. The Morgan fingerprint density at radius 2 is 1.69 bits per heavy atom. The Balaban J connectivity index is 1.58. The molecule has 1 aliphatic carbocycles. The first-order chi connectivity index (χ1) is 14.0. The van der Waals surface area contributed by atoms with E-state index in [1.807, 2.05) is 6.07 Å². The zero-order valence-electron chi connectivity index (χ0n) is 16.1. The Bertz CT molecular complexity index is 1040. The molecule has 0 fully saturated rings. The van der Waals surface area contributed by atoms with Gasteiger partial charge in [-0.3, -0.25) is 0 Å². The Morgan fingerprint density at radius 3 is 2.45 bits per heavy atom. The van der Waals surface area contributed by atoms with Crippen LogP contribution in [0.5, 0.6) is 0 Å². The SMILES string of the molecule is O=C(O)c1ccc(-c2ccc(F)cc2)cc1CCc1ccc2c(c1)CCC(O)C2. The lowest BCUT2D eigenvalue weighted by molar-refractivity contribution is 0.0695. The molecule has 4 rings (SSSR count). The zero-order chi connectivity index (χ0) is 20.4. The number of aliphatic hydroxyl groups is 1. The van der Waals surface area contributed by atoms with Crippen LogP contribution in [0, 0.1) is 5.82 Å². The van der Waals surface area contributed by atoms with Crippen molar-refractivity contribution >= 4 is 5.97 Å². The summed E-state index contributed by atoms with van der Waals surface area (Å²) in [6.07, 6.45) is 3.48. The molecule has 0 aliphatic heterocycles. The van der Waals surface area contributed by atoms with E-state index in [4.69, 9.17) is 0 Å². The van der Waals surface area contributed by atoms with E-state index in [1.54, 1.807) is 24.3 Å². The fourth-order valence-electron chi connectivity index (χ4n) is 4.05. The number of benzene rings is 3. The van der Waals surface area contributed by atoms with Crippen LogP contribution in [-0.4, -0.2) is 22.3 Å². The Labute approximate surface area is 169 Å². The minimum Gasteiger partial charge on any atom is -0.478 e. The highest BCUT2D eigenvalue weighted by atomic mass is 19.1. The summed E-state index contributed by atoms with van der Waals surface area (Å²) in [5, 5.41) is 19.4. The summed E-state index contributed by atoms with van der Waals surface area (Å²) in [5.41, 5.74) is 6.47. The van der Waals surface area contributed by atoms with Crippen molar-refractivity contribution < 1.29 is 19.4 Å². The molecule has 3 nitrogen and oxygen atoms in total. The number of carbonyl (C=O) groups is 1. The predicted octanol–water partition coefficient (Wildman–Crippen LogP) is 4.83. The summed E-state index contributed by atoms with van der Waals surface area (Å²) in [5.74, 6) is -1.24. The lowest BCUT2D eigenvalue weighted by Crippen LogP contribution is -2.18. The smallest absolute Gasteiger partial charge is 0.335 e. The molecule has 0 saturated carbocycles. The van der Waals surface area contributed by atoms with Gasteiger partial charge in [-0.25, -0.2) is 9.18 Å². The van der Waals surface area contributed by atoms with Crippen LogP contribution in [0.1, 0.15) is 39.0 Å². The van der Waals surface area contributed by atoms with Crippen LogP contribution in [0.15, 0.2) is 60.7 Å². The van der Waals surface area contributed by atoms with Crippen molar-refractivity contribution in [3.05, 3.63) is 94.3 Å². The van der Waals surface area contributed by atoms with Crippen molar-refractivity contribution in [2.75, 3.05) is 0 Å². The third kappa shape index (κ3) is 4.38. The lowest BCUT2D eigenvalue weighted by atomic mass is 9.87. The minimum absolute atomic E-state index is 0.249. The van der Waals surface area contributed by atoms with Crippen LogP contribution in [-0.2, 0) is 25.7 Å². The van der Waals surface area contributed by atoms with Crippen LogP contribution >= 0.6 is 0 Å². The highest BCUT2D eigenvalue weighted by Gasteiger charge is 2.17. The van der Waals surface area contributed by atoms with Gasteiger partial charge in [0.1, 0.15) is 5.82 Å². The molecule has 0 amide bonds. The largest absolute Gasteiger partial charge is 0.478 e. The molecule has 0 spiro atoms. The first kappa shape index (κ1) is 19.3. The van der Waals surface area contributed by atoms with E-state index in [1.165, 1.54) is 28.8 Å². The lowest BCUT2D eigenvalue weighted by Gasteiger charge is -2.21. The molecule has 0 bridgehead atoms. The fourth-order valence-corrected chi connectivity index (χ4v) is 4.05. The van der Waals surface area contributed by atoms with Gasteiger partial charge >= 0.3 is 5.97 Å². The van der Waals surface area contributed by atoms with E-state index in [-0.39, 0.29) is 11.9 Å². The molecule has 148 valence electrons. The molecule has 3 aromatic carbocycles. The van der Waals surface area contributed by atoms with Gasteiger partial charge in [-0.05, 0) is 83.7 Å². The first-order valence-corrected chi connectivity index (χ1v) is 9.90. The number of aromatic carboxylic acids is 1. The van der Waals surface area contributed by atoms with Crippen LogP contribution < -0.4 is 0 Å². The number of carboxylic acids is 1. The van der Waals surface area contributed by atoms with Crippen molar-refractivity contribution in [1.82, 2.24) is 0 Å². The number of aryl methyl sites for hydroxylation is 3. The second kappa shape index (κ2) is 8.18. The van der Waals surface area contributed by atoms with Crippen molar-refractivity contribution in [2.45, 2.75) is 38.2 Å². The van der Waals surface area contributed by atoms with Crippen molar-refractivity contribution in [3.8, 4) is 11.1 Å². The number of halogens is 1. The van der Waals surface area contributed by atoms with Crippen LogP contribution in [0.25, 0.3) is 11.1 Å². The average molecular weight is 390 g/mol. The molecule has 1 atom stereocenters. The van der Waals surface area contributed by atoms with Gasteiger partial charge in [0.25, 0.3) is 0 Å². The maximum atomic E-state index is 13.2. The van der Waals surface area contributed by atoms with Crippen LogP contribution in [0.4, 0.5) is 4.39 Å². The summed E-state index contributed by atoms with van der Waals surface area (Å²) in [4.78, 5) is 11.7. The Hall–Kier alpha value is -2.98. The molecule has 2 N–H and O–H groups in total. The van der Waals surface area contributed by atoms with Crippen LogP contribution in [0.3, 0.4) is 0 Å². The van der Waals surface area contributed by atoms with E-state index >= 15 is 0 Å². The number of aliphatic hydroxyl groups excluding tert-OH is 1. The molecule has 0 radical (unpaired) electrons. The topological polar surface area (TPSA) is 57.5 Å². The number of rotatable bonds is 5. The summed E-state index contributed by atoms with van der Waals surface area (Å²) in [7, 11) is 0. The summed E-state index contributed by atoms with van der Waals surface area (Å²) >= 11 is 0. The highest BCUT2D eigenvalue weighted by molar-refractivity contribution is 5.90. The van der Waals surface area contributed by atoms with Crippen molar-refractivity contribution in [3.63, 3.8) is 0 Å². The average Bonchev–Trinajstić information content (AvgIpc) is 2.72. The van der Waals surface area contributed by atoms with Gasteiger partial charge in [0.15, 0.2) is 0 Å². The molecule has 29 heavy (non-hydrogen) atoms. The summed E-state index contributed by atoms with van der Waals surface area (Å²) in [6, 6.07) is 17.8. The Morgan fingerprint density at radius 1 is 0.931 bits per heavy atom. The number of hydrogen-bond donors (Lipinski definition) is 2. The maximum absolute atomic E-state index is 13.2. The standard InChI is InChI=1S/C25H23FO3/c26-22-9-5-17(6-10-22)19-8-12-24(25(28)29)21(14-19)4-2-16-1-3-20-15-23(27)11-7-18(20)13-16/h1,3,5-6,8-10,12-14,23,27H,2,4,7,11,15H2,(H,28,29). The highest BCUT2D eigenvalue weighted by Crippen LogP contribution is 2.26. The van der Waals surface area contributed by atoms with E-state index in [0.717, 1.165) is 36.0 Å². The number of carboxylic acid groups (broad SMARTS) is 1. The van der Waals surface area contributed by atoms with Gasteiger partial charge in [-0.1, -0.05) is 42.5 Å². The summed E-state index contributed by atoms with van der Waals surface area (Å²) in [6.45, 7) is 0. The zero-order valence-corrected chi connectivity index (χ0v) is 16.1. The molecule has 0 saturated heterocycles. The van der Waals surface area contributed by atoms with Gasteiger partial charge in [-0.2, -0.15) is 0 Å². The predicted molar refractivity (Wildman–Crippen MR) is 111 cm³/mol. The van der Waals surface area contributed by atoms with Gasteiger partial charge in [0.05, 0.1) is 11.7 Å². The third-order valence-electron chi connectivity index (χ3n) is 5.67. The molecular weight excluding hydrogens is 367 g/mol. The molecule has 0 heterocycles. The van der Waals surface area contributed by atoms with Crippen molar-refractivity contribution in [1.29, 1.82) is 0 Å². The molecule has 3 aromatic rings. The number of hydrogen-bond acceptors (Lipinski definition) is 2. The Kier molecular flexibility index (Phi) is 5.45. The number of fused-ring (bicyclic) bond motifs is 1.